The quantitative estimate of drug-likeness (QED) is 0.646. The van der Waals surface area contributed by atoms with Gasteiger partial charge in [-0.3, -0.25) is 0 Å². The van der Waals surface area contributed by atoms with Crippen molar-refractivity contribution in [3.63, 3.8) is 0 Å². The van der Waals surface area contributed by atoms with E-state index < -0.39 is 10.1 Å². The summed E-state index contributed by atoms with van der Waals surface area (Å²) in [6.07, 6.45) is 3.77. The Morgan fingerprint density at radius 1 is 1.54 bits per heavy atom. The molecule has 1 N–H and O–H groups in total. The van der Waals surface area contributed by atoms with Gasteiger partial charge in [-0.15, -0.1) is 0 Å². The molecule has 0 aromatic carbocycles. The van der Waals surface area contributed by atoms with Gasteiger partial charge in [0.1, 0.15) is 5.76 Å². The van der Waals surface area contributed by atoms with Gasteiger partial charge in [-0.05, 0) is 24.5 Å². The molecule has 2 aliphatic rings. The molecule has 2 rings (SSSR count). The van der Waals surface area contributed by atoms with Crippen molar-refractivity contribution in [1.82, 2.24) is 5.32 Å². The van der Waals surface area contributed by atoms with Crippen LogP contribution in [0.2, 0.25) is 0 Å². The van der Waals surface area contributed by atoms with E-state index in [1.165, 1.54) is 0 Å². The van der Waals surface area contributed by atoms with E-state index in [4.69, 9.17) is 4.18 Å². The Morgan fingerprint density at radius 3 is 2.92 bits per heavy atom. The second-order valence-electron chi connectivity index (χ2n) is 3.71. The van der Waals surface area contributed by atoms with Crippen LogP contribution in [-0.4, -0.2) is 27.8 Å². The third-order valence-corrected chi connectivity index (χ3v) is 3.03. The summed E-state index contributed by atoms with van der Waals surface area (Å²) >= 11 is 0. The molecule has 1 fully saturated rings. The second kappa shape index (κ2) is 2.99. The summed E-state index contributed by atoms with van der Waals surface area (Å²) in [7, 11) is -3.33. The Labute approximate surface area is 78.1 Å². The smallest absolute Gasteiger partial charge is 0.305 e. The van der Waals surface area contributed by atoms with Crippen LogP contribution in [0.15, 0.2) is 11.8 Å². The normalized spacial score (nSPS) is 32.8. The zero-order valence-electron chi connectivity index (χ0n) is 7.49. The highest BCUT2D eigenvalue weighted by atomic mass is 32.2. The van der Waals surface area contributed by atoms with Crippen molar-refractivity contribution in [3.05, 3.63) is 11.8 Å². The van der Waals surface area contributed by atoms with Crippen LogP contribution < -0.4 is 5.32 Å². The lowest BCUT2D eigenvalue weighted by molar-refractivity contribution is 0.384. The topological polar surface area (TPSA) is 55.4 Å². The average molecular weight is 203 g/mol. The fraction of sp³-hybridized carbons (Fsp3) is 0.750. The van der Waals surface area contributed by atoms with Crippen LogP contribution >= 0.6 is 0 Å². The number of allylic oxidation sites excluding steroid dienone is 1. The maximum atomic E-state index is 10.8. The summed E-state index contributed by atoms with van der Waals surface area (Å²) in [5, 5.41) is 3.26. The lowest BCUT2D eigenvalue weighted by atomic mass is 10.0. The first-order valence-corrected chi connectivity index (χ1v) is 6.17. The van der Waals surface area contributed by atoms with Gasteiger partial charge >= 0.3 is 10.1 Å². The highest BCUT2D eigenvalue weighted by Gasteiger charge is 2.33. The van der Waals surface area contributed by atoms with Crippen molar-refractivity contribution in [2.45, 2.75) is 6.42 Å². The van der Waals surface area contributed by atoms with Gasteiger partial charge in [0, 0.05) is 13.0 Å². The highest BCUT2D eigenvalue weighted by molar-refractivity contribution is 7.86. The van der Waals surface area contributed by atoms with Crippen molar-refractivity contribution in [2.24, 2.45) is 11.8 Å². The Bertz CT molecular complexity index is 333. The summed E-state index contributed by atoms with van der Waals surface area (Å²) < 4.78 is 26.5. The molecule has 1 saturated heterocycles. The fourth-order valence-electron chi connectivity index (χ4n) is 1.99. The minimum absolute atomic E-state index is 0.469. The van der Waals surface area contributed by atoms with E-state index >= 15 is 0 Å². The minimum Gasteiger partial charge on any atom is -0.387 e. The predicted molar refractivity (Wildman–Crippen MR) is 48.5 cm³/mol. The molecule has 0 aromatic heterocycles. The van der Waals surface area contributed by atoms with Gasteiger partial charge in [-0.1, -0.05) is 0 Å². The van der Waals surface area contributed by atoms with E-state index in [2.05, 4.69) is 5.32 Å². The number of nitrogens with one attached hydrogen (secondary N) is 1. The second-order valence-corrected chi connectivity index (χ2v) is 5.28. The summed E-state index contributed by atoms with van der Waals surface area (Å²) in [5.74, 6) is 1.63. The van der Waals surface area contributed by atoms with E-state index in [1.807, 2.05) is 6.08 Å². The van der Waals surface area contributed by atoms with E-state index in [1.54, 1.807) is 0 Å². The van der Waals surface area contributed by atoms with Crippen molar-refractivity contribution in [2.75, 3.05) is 19.3 Å². The molecule has 5 heteroatoms. The molecule has 0 spiro atoms. The van der Waals surface area contributed by atoms with Crippen LogP contribution in [0.25, 0.3) is 0 Å². The SMILES string of the molecule is CS(=O)(=O)OC1=C[C@H]2CNC[C@@H]2C1. The monoisotopic (exact) mass is 203 g/mol. The molecule has 0 radical (unpaired) electrons. The molecular weight excluding hydrogens is 190 g/mol. The van der Waals surface area contributed by atoms with E-state index in [-0.39, 0.29) is 0 Å². The predicted octanol–water partition coefficient (Wildman–Crippen LogP) is 0.0858. The Kier molecular flexibility index (Phi) is 2.08. The largest absolute Gasteiger partial charge is 0.387 e. The standard InChI is InChI=1S/C8H13NO3S/c1-13(10,11)12-8-2-6-4-9-5-7(6)3-8/h2,6-7,9H,3-5H2,1H3/t6-,7-/m0/s1. The Balaban J connectivity index is 2.04. The molecule has 1 aliphatic heterocycles. The molecule has 2 atom stereocenters. The van der Waals surface area contributed by atoms with Gasteiger partial charge in [-0.2, -0.15) is 8.42 Å². The van der Waals surface area contributed by atoms with E-state index in [9.17, 15) is 8.42 Å². The molecule has 1 heterocycles. The lowest BCUT2D eigenvalue weighted by Gasteiger charge is -2.05. The Morgan fingerprint density at radius 2 is 2.31 bits per heavy atom. The van der Waals surface area contributed by atoms with Crippen LogP contribution in [-0.2, 0) is 14.3 Å². The molecule has 13 heavy (non-hydrogen) atoms. The fourth-order valence-corrected chi connectivity index (χ4v) is 2.51. The molecule has 0 unspecified atom stereocenters. The van der Waals surface area contributed by atoms with Crippen LogP contribution in [0.4, 0.5) is 0 Å². The molecule has 4 nitrogen and oxygen atoms in total. The number of fused-ring (bicyclic) bond motifs is 1. The maximum absolute atomic E-state index is 10.8. The number of hydrogen-bond donors (Lipinski definition) is 1. The van der Waals surface area contributed by atoms with Gasteiger partial charge in [0.15, 0.2) is 0 Å². The van der Waals surface area contributed by atoms with Crippen molar-refractivity contribution in [1.29, 1.82) is 0 Å². The molecule has 1 aliphatic carbocycles. The lowest BCUT2D eigenvalue weighted by Crippen LogP contribution is -2.10. The molecule has 0 saturated carbocycles. The van der Waals surface area contributed by atoms with E-state index in [0.717, 1.165) is 25.8 Å². The summed E-state index contributed by atoms with van der Waals surface area (Å²) in [5.41, 5.74) is 0. The average Bonchev–Trinajstić information content (AvgIpc) is 2.40. The minimum atomic E-state index is -3.33. The highest BCUT2D eigenvalue weighted by Crippen LogP contribution is 2.33. The molecule has 0 bridgehead atoms. The van der Waals surface area contributed by atoms with Gasteiger partial charge in [0.2, 0.25) is 0 Å². The van der Waals surface area contributed by atoms with Crippen molar-refractivity contribution in [3.8, 4) is 0 Å². The summed E-state index contributed by atoms with van der Waals surface area (Å²) in [6.45, 7) is 1.92. The van der Waals surface area contributed by atoms with Crippen LogP contribution in [0.5, 0.6) is 0 Å². The van der Waals surface area contributed by atoms with Crippen molar-refractivity contribution < 1.29 is 12.6 Å². The van der Waals surface area contributed by atoms with Gasteiger partial charge < -0.3 is 9.50 Å². The molecular formula is C8H13NO3S. The zero-order chi connectivity index (χ0) is 9.47. The summed E-state index contributed by atoms with van der Waals surface area (Å²) in [4.78, 5) is 0. The van der Waals surface area contributed by atoms with Gasteiger partial charge in [0.25, 0.3) is 0 Å². The van der Waals surface area contributed by atoms with Gasteiger partial charge in [0.05, 0.1) is 6.26 Å². The Hall–Kier alpha value is -0.550. The first-order chi connectivity index (χ1) is 6.04. The first kappa shape index (κ1) is 9.02. The molecule has 74 valence electrons. The van der Waals surface area contributed by atoms with Gasteiger partial charge in [-0.25, -0.2) is 0 Å². The summed E-state index contributed by atoms with van der Waals surface area (Å²) in [6, 6.07) is 0. The zero-order valence-corrected chi connectivity index (χ0v) is 8.30. The number of hydrogen-bond acceptors (Lipinski definition) is 4. The van der Waals surface area contributed by atoms with Crippen LogP contribution in [0.1, 0.15) is 6.42 Å². The third-order valence-electron chi connectivity index (χ3n) is 2.51. The third kappa shape index (κ3) is 2.03. The molecule has 0 amide bonds. The van der Waals surface area contributed by atoms with E-state index in [0.29, 0.717) is 17.6 Å². The van der Waals surface area contributed by atoms with Crippen LogP contribution in [0.3, 0.4) is 0 Å². The van der Waals surface area contributed by atoms with Crippen molar-refractivity contribution >= 4 is 10.1 Å². The molecule has 0 aromatic rings. The number of rotatable bonds is 2. The van der Waals surface area contributed by atoms with Crippen LogP contribution in [0, 0.1) is 11.8 Å². The maximum Gasteiger partial charge on any atom is 0.305 e. The first-order valence-electron chi connectivity index (χ1n) is 4.35.